The van der Waals surface area contributed by atoms with Crippen LogP contribution in [0.15, 0.2) is 30.3 Å². The Labute approximate surface area is 116 Å². The van der Waals surface area contributed by atoms with Crippen molar-refractivity contribution in [2.45, 2.75) is 19.8 Å². The summed E-state index contributed by atoms with van der Waals surface area (Å²) >= 11 is 0. The third kappa shape index (κ3) is 4.93. The molecule has 0 aliphatic rings. The predicted octanol–water partition coefficient (Wildman–Crippen LogP) is 1.65. The van der Waals surface area contributed by atoms with Crippen LogP contribution >= 0.6 is 0 Å². The molecule has 108 valence electrons. The summed E-state index contributed by atoms with van der Waals surface area (Å²) < 4.78 is 25.9. The highest BCUT2D eigenvalue weighted by Gasteiger charge is 2.23. The number of hydrogen-bond acceptors (Lipinski definition) is 3. The third-order valence-electron chi connectivity index (χ3n) is 3.28. The van der Waals surface area contributed by atoms with Crippen molar-refractivity contribution < 1.29 is 8.42 Å². The molecule has 1 aromatic rings. The van der Waals surface area contributed by atoms with Gasteiger partial charge in [0.05, 0.1) is 5.75 Å². The Balaban J connectivity index is 2.69. The minimum absolute atomic E-state index is 0.0122. The number of nitrogens with two attached hydrogens (primary N) is 1. The number of benzene rings is 1. The van der Waals surface area contributed by atoms with Gasteiger partial charge in [-0.25, -0.2) is 12.7 Å². The first-order valence-corrected chi connectivity index (χ1v) is 8.16. The molecule has 1 aromatic carbocycles. The lowest BCUT2D eigenvalue weighted by Crippen LogP contribution is -2.36. The highest BCUT2D eigenvalue weighted by atomic mass is 32.2. The van der Waals surface area contributed by atoms with Crippen LogP contribution in [0.2, 0.25) is 0 Å². The van der Waals surface area contributed by atoms with E-state index in [0.717, 1.165) is 5.56 Å². The maximum absolute atomic E-state index is 12.3. The molecule has 2 N–H and O–H groups in total. The number of sulfonamides is 1. The summed E-state index contributed by atoms with van der Waals surface area (Å²) in [5.74, 6) is 0.291. The molecule has 0 bridgehead atoms. The predicted molar refractivity (Wildman–Crippen MR) is 79.5 cm³/mol. The average Bonchev–Trinajstić information content (AvgIpc) is 2.39. The topological polar surface area (TPSA) is 63.4 Å². The maximum atomic E-state index is 12.3. The molecule has 0 aliphatic heterocycles. The largest absolute Gasteiger partial charge is 0.330 e. The van der Waals surface area contributed by atoms with Gasteiger partial charge in [-0.1, -0.05) is 44.2 Å². The summed E-state index contributed by atoms with van der Waals surface area (Å²) in [5, 5.41) is 0. The van der Waals surface area contributed by atoms with Gasteiger partial charge in [-0.2, -0.15) is 0 Å². The Hall–Kier alpha value is -0.910. The summed E-state index contributed by atoms with van der Waals surface area (Å²) in [6, 6.07) is 9.71. The molecule has 19 heavy (non-hydrogen) atoms. The highest BCUT2D eigenvalue weighted by molar-refractivity contribution is 7.89. The van der Waals surface area contributed by atoms with Crippen LogP contribution in [0.3, 0.4) is 0 Å². The average molecular weight is 284 g/mol. The van der Waals surface area contributed by atoms with Crippen molar-refractivity contribution in [3.8, 4) is 0 Å². The zero-order valence-corrected chi connectivity index (χ0v) is 12.7. The van der Waals surface area contributed by atoms with Crippen molar-refractivity contribution in [3.05, 3.63) is 35.9 Å². The van der Waals surface area contributed by atoms with E-state index in [1.807, 2.05) is 44.2 Å². The molecular weight excluding hydrogens is 260 g/mol. The second-order valence-corrected chi connectivity index (χ2v) is 7.33. The third-order valence-corrected chi connectivity index (χ3v) is 5.30. The lowest BCUT2D eigenvalue weighted by atomic mass is 10.0. The summed E-state index contributed by atoms with van der Waals surface area (Å²) in [5.41, 5.74) is 6.58. The second-order valence-electron chi connectivity index (χ2n) is 5.21. The van der Waals surface area contributed by atoms with Crippen molar-refractivity contribution in [3.63, 3.8) is 0 Å². The molecule has 0 aliphatic carbocycles. The summed E-state index contributed by atoms with van der Waals surface area (Å²) in [7, 11) is -1.61. The van der Waals surface area contributed by atoms with E-state index < -0.39 is 10.0 Å². The van der Waals surface area contributed by atoms with Gasteiger partial charge in [-0.15, -0.1) is 0 Å². The second kappa shape index (κ2) is 7.03. The maximum Gasteiger partial charge on any atom is 0.214 e. The Morgan fingerprint density at radius 1 is 1.21 bits per heavy atom. The molecule has 0 heterocycles. The molecule has 2 atom stereocenters. The van der Waals surface area contributed by atoms with E-state index in [0.29, 0.717) is 13.1 Å². The van der Waals surface area contributed by atoms with Crippen LogP contribution in [0.5, 0.6) is 0 Å². The van der Waals surface area contributed by atoms with E-state index in [1.54, 1.807) is 7.05 Å². The monoisotopic (exact) mass is 284 g/mol. The van der Waals surface area contributed by atoms with Crippen LogP contribution in [0, 0.1) is 5.92 Å². The van der Waals surface area contributed by atoms with Crippen LogP contribution in [0.25, 0.3) is 0 Å². The fourth-order valence-corrected chi connectivity index (χ4v) is 3.51. The fourth-order valence-electron chi connectivity index (χ4n) is 1.95. The van der Waals surface area contributed by atoms with Crippen molar-refractivity contribution in [2.24, 2.45) is 11.7 Å². The van der Waals surface area contributed by atoms with Gasteiger partial charge in [0.1, 0.15) is 0 Å². The van der Waals surface area contributed by atoms with Crippen LogP contribution in [-0.4, -0.2) is 38.6 Å². The molecule has 4 nitrogen and oxygen atoms in total. The van der Waals surface area contributed by atoms with Gasteiger partial charge in [0, 0.05) is 13.6 Å². The van der Waals surface area contributed by atoms with E-state index in [-0.39, 0.29) is 17.6 Å². The van der Waals surface area contributed by atoms with E-state index >= 15 is 0 Å². The number of hydrogen-bond donors (Lipinski definition) is 1. The summed E-state index contributed by atoms with van der Waals surface area (Å²) in [4.78, 5) is 0. The first kappa shape index (κ1) is 16.1. The van der Waals surface area contributed by atoms with E-state index in [4.69, 9.17) is 5.73 Å². The lowest BCUT2D eigenvalue weighted by molar-refractivity contribution is 0.403. The Kier molecular flexibility index (Phi) is 5.97. The fraction of sp³-hybridized carbons (Fsp3) is 0.571. The first-order chi connectivity index (χ1) is 8.86. The number of rotatable bonds is 7. The molecular formula is C14H24N2O2S. The molecule has 5 heteroatoms. The Bertz CT molecular complexity index is 473. The quantitative estimate of drug-likeness (QED) is 0.828. The number of nitrogens with zero attached hydrogens (tertiary/aromatic N) is 1. The standard InChI is InChI=1S/C14H24N2O2S/c1-12(9-15)10-16(3)19(17,18)11-13(2)14-7-5-4-6-8-14/h4-8,12-13H,9-11,15H2,1-3H3. The van der Waals surface area contributed by atoms with E-state index in [9.17, 15) is 8.42 Å². The SMILES string of the molecule is CC(CN)CN(C)S(=O)(=O)CC(C)c1ccccc1. The minimum Gasteiger partial charge on any atom is -0.330 e. The molecule has 0 amide bonds. The summed E-state index contributed by atoms with van der Waals surface area (Å²) in [6.07, 6.45) is 0. The minimum atomic E-state index is -3.24. The highest BCUT2D eigenvalue weighted by Crippen LogP contribution is 2.18. The molecule has 0 aromatic heterocycles. The van der Waals surface area contributed by atoms with Gasteiger partial charge in [0.2, 0.25) is 10.0 Å². The van der Waals surface area contributed by atoms with Crippen molar-refractivity contribution in [2.75, 3.05) is 25.9 Å². The molecule has 0 saturated heterocycles. The molecule has 0 fully saturated rings. The molecule has 0 spiro atoms. The Morgan fingerprint density at radius 3 is 2.32 bits per heavy atom. The van der Waals surface area contributed by atoms with Gasteiger partial charge in [0.25, 0.3) is 0 Å². The summed E-state index contributed by atoms with van der Waals surface area (Å²) in [6.45, 7) is 4.86. The first-order valence-electron chi connectivity index (χ1n) is 6.56. The van der Waals surface area contributed by atoms with E-state index in [1.165, 1.54) is 4.31 Å². The van der Waals surface area contributed by atoms with Gasteiger partial charge in [0.15, 0.2) is 0 Å². The zero-order valence-electron chi connectivity index (χ0n) is 11.9. The van der Waals surface area contributed by atoms with Crippen molar-refractivity contribution >= 4 is 10.0 Å². The van der Waals surface area contributed by atoms with Gasteiger partial charge >= 0.3 is 0 Å². The smallest absolute Gasteiger partial charge is 0.214 e. The molecule has 1 rings (SSSR count). The molecule has 0 radical (unpaired) electrons. The normalized spacial score (nSPS) is 15.4. The Morgan fingerprint density at radius 2 is 1.79 bits per heavy atom. The van der Waals surface area contributed by atoms with E-state index in [2.05, 4.69) is 0 Å². The van der Waals surface area contributed by atoms with Gasteiger partial charge < -0.3 is 5.73 Å². The van der Waals surface area contributed by atoms with Gasteiger partial charge in [-0.3, -0.25) is 0 Å². The van der Waals surface area contributed by atoms with Gasteiger partial charge in [-0.05, 0) is 23.9 Å². The van der Waals surface area contributed by atoms with Crippen LogP contribution in [0.4, 0.5) is 0 Å². The van der Waals surface area contributed by atoms with Crippen LogP contribution in [0.1, 0.15) is 25.3 Å². The molecule has 0 saturated carbocycles. The lowest BCUT2D eigenvalue weighted by Gasteiger charge is -2.22. The van der Waals surface area contributed by atoms with Crippen LogP contribution in [-0.2, 0) is 10.0 Å². The van der Waals surface area contributed by atoms with Crippen molar-refractivity contribution in [1.29, 1.82) is 0 Å². The molecule has 2 unspecified atom stereocenters. The van der Waals surface area contributed by atoms with Crippen LogP contribution < -0.4 is 5.73 Å². The van der Waals surface area contributed by atoms with Crippen molar-refractivity contribution in [1.82, 2.24) is 4.31 Å². The zero-order chi connectivity index (χ0) is 14.5.